The first kappa shape index (κ1) is 18.4. The monoisotopic (exact) mass is 376 g/mol. The van der Waals surface area contributed by atoms with Gasteiger partial charge < -0.3 is 15.2 Å². The highest BCUT2D eigenvalue weighted by Crippen LogP contribution is 2.22. The Morgan fingerprint density at radius 3 is 2.42 bits per heavy atom. The molecule has 1 amide bonds. The van der Waals surface area contributed by atoms with E-state index in [4.69, 9.17) is 4.74 Å². The summed E-state index contributed by atoms with van der Waals surface area (Å²) < 4.78 is 32.1. The number of nitrogens with zero attached hydrogens (tertiary/aromatic N) is 1. The maximum atomic E-state index is 12.8. The number of phenols is 1. The molecular weight excluding hydrogens is 356 g/mol. The molecule has 0 saturated carbocycles. The number of rotatable bonds is 4. The van der Waals surface area contributed by atoms with Crippen LogP contribution < -0.4 is 5.32 Å². The van der Waals surface area contributed by atoms with Crippen molar-refractivity contribution in [1.29, 1.82) is 0 Å². The Labute approximate surface area is 152 Å². The van der Waals surface area contributed by atoms with Crippen LogP contribution >= 0.6 is 0 Å². The highest BCUT2D eigenvalue weighted by Gasteiger charge is 2.27. The van der Waals surface area contributed by atoms with E-state index < -0.39 is 15.9 Å². The molecule has 2 aromatic carbocycles. The van der Waals surface area contributed by atoms with Crippen LogP contribution in [0, 0.1) is 6.92 Å². The zero-order valence-electron chi connectivity index (χ0n) is 14.3. The van der Waals surface area contributed by atoms with Crippen LogP contribution in [-0.2, 0) is 14.8 Å². The first-order chi connectivity index (χ1) is 12.4. The lowest BCUT2D eigenvalue weighted by Crippen LogP contribution is -2.40. The molecule has 3 rings (SSSR count). The van der Waals surface area contributed by atoms with Gasteiger partial charge in [-0.15, -0.1) is 0 Å². The third kappa shape index (κ3) is 3.87. The third-order valence-corrected chi connectivity index (χ3v) is 6.08. The minimum Gasteiger partial charge on any atom is -0.508 e. The van der Waals surface area contributed by atoms with Crippen LogP contribution in [0.2, 0.25) is 0 Å². The van der Waals surface area contributed by atoms with Gasteiger partial charge in [-0.05, 0) is 48.9 Å². The minimum atomic E-state index is -3.67. The molecule has 0 spiro atoms. The minimum absolute atomic E-state index is 0.0841. The molecule has 1 aliphatic rings. The number of carbonyl (C=O) groups is 1. The molecule has 0 radical (unpaired) electrons. The second kappa shape index (κ2) is 7.45. The second-order valence-corrected chi connectivity index (χ2v) is 7.93. The van der Waals surface area contributed by atoms with Crippen LogP contribution in [0.25, 0.3) is 0 Å². The summed E-state index contributed by atoms with van der Waals surface area (Å²) in [5, 5.41) is 12.0. The zero-order valence-corrected chi connectivity index (χ0v) is 15.1. The smallest absolute Gasteiger partial charge is 0.255 e. The van der Waals surface area contributed by atoms with Crippen LogP contribution in [-0.4, -0.2) is 50.0 Å². The van der Waals surface area contributed by atoms with Gasteiger partial charge in [0.2, 0.25) is 10.0 Å². The molecule has 1 heterocycles. The van der Waals surface area contributed by atoms with Crippen molar-refractivity contribution < 1.29 is 23.1 Å². The van der Waals surface area contributed by atoms with Crippen LogP contribution in [0.1, 0.15) is 15.9 Å². The zero-order chi connectivity index (χ0) is 18.7. The summed E-state index contributed by atoms with van der Waals surface area (Å²) in [6.07, 6.45) is 0. The van der Waals surface area contributed by atoms with Gasteiger partial charge in [0.1, 0.15) is 5.75 Å². The number of amides is 1. The van der Waals surface area contributed by atoms with Crippen molar-refractivity contribution in [2.75, 3.05) is 31.6 Å². The molecular formula is C18H20N2O5S. The molecule has 0 aromatic heterocycles. The molecule has 1 aliphatic heterocycles. The summed E-state index contributed by atoms with van der Waals surface area (Å²) in [6.45, 7) is 3.06. The molecule has 0 atom stereocenters. The van der Waals surface area contributed by atoms with E-state index in [-0.39, 0.29) is 16.2 Å². The van der Waals surface area contributed by atoms with Crippen molar-refractivity contribution >= 4 is 21.6 Å². The Bertz CT molecular complexity index is 904. The predicted octanol–water partition coefficient (Wildman–Crippen LogP) is 1.97. The lowest BCUT2D eigenvalue weighted by atomic mass is 10.1. The Morgan fingerprint density at radius 2 is 1.77 bits per heavy atom. The molecule has 1 fully saturated rings. The average molecular weight is 376 g/mol. The summed E-state index contributed by atoms with van der Waals surface area (Å²) in [7, 11) is -3.67. The van der Waals surface area contributed by atoms with Crippen molar-refractivity contribution in [3.63, 3.8) is 0 Å². The number of carbonyl (C=O) groups excluding carboxylic acids is 1. The number of hydrogen-bond donors (Lipinski definition) is 2. The van der Waals surface area contributed by atoms with Crippen molar-refractivity contribution in [2.45, 2.75) is 11.8 Å². The first-order valence-electron chi connectivity index (χ1n) is 8.17. The normalized spacial score (nSPS) is 15.6. The molecule has 2 N–H and O–H groups in total. The summed E-state index contributed by atoms with van der Waals surface area (Å²) in [5.41, 5.74) is 1.46. The van der Waals surface area contributed by atoms with E-state index in [9.17, 15) is 18.3 Å². The number of sulfonamides is 1. The molecule has 0 bridgehead atoms. The molecule has 26 heavy (non-hydrogen) atoms. The molecule has 2 aromatic rings. The van der Waals surface area contributed by atoms with Gasteiger partial charge in [-0.2, -0.15) is 4.31 Å². The van der Waals surface area contributed by atoms with Gasteiger partial charge in [0.15, 0.2) is 0 Å². The van der Waals surface area contributed by atoms with Crippen LogP contribution in [0.3, 0.4) is 0 Å². The van der Waals surface area contributed by atoms with E-state index in [2.05, 4.69) is 5.32 Å². The highest BCUT2D eigenvalue weighted by molar-refractivity contribution is 7.89. The van der Waals surface area contributed by atoms with Crippen LogP contribution in [0.4, 0.5) is 5.69 Å². The Kier molecular flexibility index (Phi) is 5.26. The van der Waals surface area contributed by atoms with Crippen molar-refractivity contribution in [3.05, 3.63) is 53.6 Å². The molecule has 1 saturated heterocycles. The average Bonchev–Trinajstić information content (AvgIpc) is 2.64. The highest BCUT2D eigenvalue weighted by atomic mass is 32.2. The van der Waals surface area contributed by atoms with Gasteiger partial charge in [-0.25, -0.2) is 8.42 Å². The molecule has 0 unspecified atom stereocenters. The fourth-order valence-electron chi connectivity index (χ4n) is 2.69. The van der Waals surface area contributed by atoms with Crippen LogP contribution in [0.15, 0.2) is 47.4 Å². The Hall–Kier alpha value is -2.42. The second-order valence-electron chi connectivity index (χ2n) is 5.99. The fraction of sp³-hybridized carbons (Fsp3) is 0.278. The summed E-state index contributed by atoms with van der Waals surface area (Å²) >= 11 is 0. The van der Waals surface area contributed by atoms with E-state index in [1.165, 1.54) is 28.6 Å². The van der Waals surface area contributed by atoms with Gasteiger partial charge >= 0.3 is 0 Å². The number of morpholine rings is 1. The number of benzene rings is 2. The SMILES string of the molecule is Cc1ccc(S(=O)(=O)N2CCOCC2)cc1C(=O)Nc1ccc(O)cc1. The quantitative estimate of drug-likeness (QED) is 0.796. The van der Waals surface area contributed by atoms with E-state index in [1.807, 2.05) is 0 Å². The Balaban J connectivity index is 1.87. The van der Waals surface area contributed by atoms with Crippen molar-refractivity contribution in [2.24, 2.45) is 0 Å². The fourth-order valence-corrected chi connectivity index (χ4v) is 4.12. The summed E-state index contributed by atoms with van der Waals surface area (Å²) in [4.78, 5) is 12.7. The number of phenolic OH excluding ortho intramolecular Hbond substituents is 1. The van der Waals surface area contributed by atoms with Gasteiger partial charge in [-0.3, -0.25) is 4.79 Å². The molecule has 7 nitrogen and oxygen atoms in total. The van der Waals surface area contributed by atoms with E-state index in [0.717, 1.165) is 0 Å². The lowest BCUT2D eigenvalue weighted by Gasteiger charge is -2.26. The van der Waals surface area contributed by atoms with Crippen molar-refractivity contribution in [3.8, 4) is 5.75 Å². The van der Waals surface area contributed by atoms with Gasteiger partial charge in [0.05, 0.1) is 18.1 Å². The van der Waals surface area contributed by atoms with Gasteiger partial charge in [-0.1, -0.05) is 6.07 Å². The van der Waals surface area contributed by atoms with E-state index >= 15 is 0 Å². The van der Waals surface area contributed by atoms with E-state index in [0.29, 0.717) is 37.6 Å². The van der Waals surface area contributed by atoms with Crippen molar-refractivity contribution in [1.82, 2.24) is 4.31 Å². The molecule has 138 valence electrons. The third-order valence-electron chi connectivity index (χ3n) is 4.19. The number of nitrogens with one attached hydrogen (secondary N) is 1. The molecule has 8 heteroatoms. The van der Waals surface area contributed by atoms with E-state index in [1.54, 1.807) is 25.1 Å². The topological polar surface area (TPSA) is 95.9 Å². The number of anilines is 1. The first-order valence-corrected chi connectivity index (χ1v) is 9.61. The predicted molar refractivity (Wildman–Crippen MR) is 96.8 cm³/mol. The largest absolute Gasteiger partial charge is 0.508 e. The van der Waals surface area contributed by atoms with Crippen LogP contribution in [0.5, 0.6) is 5.75 Å². The Morgan fingerprint density at radius 1 is 1.12 bits per heavy atom. The maximum absolute atomic E-state index is 12.8. The maximum Gasteiger partial charge on any atom is 0.255 e. The number of ether oxygens (including phenoxy) is 1. The number of hydrogen-bond acceptors (Lipinski definition) is 5. The summed E-state index contributed by atoms with van der Waals surface area (Å²) in [5.74, 6) is -0.315. The molecule has 0 aliphatic carbocycles. The standard InChI is InChI=1S/C18H20N2O5S/c1-13-2-7-16(26(23,24)20-8-10-25-11-9-20)12-17(13)18(22)19-14-3-5-15(21)6-4-14/h2-7,12,21H,8-11H2,1H3,(H,19,22). The lowest BCUT2D eigenvalue weighted by molar-refractivity contribution is 0.0730. The number of aryl methyl sites for hydroxylation is 1. The summed E-state index contributed by atoms with van der Waals surface area (Å²) in [6, 6.07) is 10.6. The van der Waals surface area contributed by atoms with Gasteiger partial charge in [0.25, 0.3) is 5.91 Å². The van der Waals surface area contributed by atoms with Gasteiger partial charge in [0, 0.05) is 24.3 Å². The number of aromatic hydroxyl groups is 1.